The molecule has 7 nitrogen and oxygen atoms in total. The number of ether oxygens (including phenoxy) is 1. The Kier molecular flexibility index (Phi) is 6.03. The fourth-order valence-corrected chi connectivity index (χ4v) is 6.21. The Labute approximate surface area is 159 Å². The van der Waals surface area contributed by atoms with E-state index in [-0.39, 0.29) is 24.2 Å². The Morgan fingerprint density at radius 2 is 1.81 bits per heavy atom. The number of rotatable bonds is 4. The number of thiophene rings is 1. The minimum Gasteiger partial charge on any atom is -0.372 e. The third-order valence-electron chi connectivity index (χ3n) is 5.00. The maximum Gasteiger partial charge on any atom is 0.252 e. The van der Waals surface area contributed by atoms with Gasteiger partial charge in [0, 0.05) is 39.3 Å². The second-order valence-electron chi connectivity index (χ2n) is 7.05. The monoisotopic (exact) mass is 401 g/mol. The number of hydrogen-bond acceptors (Lipinski definition) is 6. The quantitative estimate of drug-likeness (QED) is 0.755. The van der Waals surface area contributed by atoms with Crippen LogP contribution in [0.25, 0.3) is 0 Å². The molecule has 3 rings (SSSR count). The summed E-state index contributed by atoms with van der Waals surface area (Å²) in [4.78, 5) is 16.8. The lowest BCUT2D eigenvalue weighted by molar-refractivity contribution is -0.148. The van der Waals surface area contributed by atoms with Crippen molar-refractivity contribution in [3.8, 4) is 0 Å². The molecule has 2 aliphatic heterocycles. The van der Waals surface area contributed by atoms with E-state index in [9.17, 15) is 13.2 Å². The van der Waals surface area contributed by atoms with E-state index in [1.807, 2.05) is 25.7 Å². The molecule has 3 atom stereocenters. The van der Waals surface area contributed by atoms with Crippen molar-refractivity contribution in [2.75, 3.05) is 39.3 Å². The maximum absolute atomic E-state index is 12.9. The summed E-state index contributed by atoms with van der Waals surface area (Å²) >= 11 is 1.24. The van der Waals surface area contributed by atoms with Gasteiger partial charge in [-0.05, 0) is 32.2 Å². The van der Waals surface area contributed by atoms with Crippen LogP contribution in [0.4, 0.5) is 0 Å². The molecule has 0 bridgehead atoms. The SMILES string of the molecule is C[C@H]1CN(C(=O)[C@H](C)N2CCN(S(=O)(=O)c3cccs3)CC2)C[C@H](C)O1. The van der Waals surface area contributed by atoms with E-state index in [4.69, 9.17) is 4.74 Å². The van der Waals surface area contributed by atoms with Crippen LogP contribution in [0.2, 0.25) is 0 Å². The van der Waals surface area contributed by atoms with E-state index >= 15 is 0 Å². The second kappa shape index (κ2) is 7.93. The average molecular weight is 402 g/mol. The summed E-state index contributed by atoms with van der Waals surface area (Å²) in [5, 5.41) is 1.77. The molecule has 0 spiro atoms. The summed E-state index contributed by atoms with van der Waals surface area (Å²) in [6.07, 6.45) is 0.0883. The van der Waals surface area contributed by atoms with Gasteiger partial charge >= 0.3 is 0 Å². The lowest BCUT2D eigenvalue weighted by Crippen LogP contribution is -2.58. The van der Waals surface area contributed by atoms with Crippen LogP contribution in [0.3, 0.4) is 0 Å². The highest BCUT2D eigenvalue weighted by molar-refractivity contribution is 7.91. The molecule has 0 aliphatic carbocycles. The van der Waals surface area contributed by atoms with Crippen molar-refractivity contribution in [3.63, 3.8) is 0 Å². The van der Waals surface area contributed by atoms with Gasteiger partial charge < -0.3 is 9.64 Å². The summed E-state index contributed by atoms with van der Waals surface area (Å²) in [5.41, 5.74) is 0. The third kappa shape index (κ3) is 4.12. The first-order valence-electron chi connectivity index (χ1n) is 9.01. The minimum absolute atomic E-state index is 0.0442. The van der Waals surface area contributed by atoms with Crippen LogP contribution in [0.15, 0.2) is 21.7 Å². The lowest BCUT2D eigenvalue weighted by Gasteiger charge is -2.41. The van der Waals surface area contributed by atoms with Crippen molar-refractivity contribution in [1.82, 2.24) is 14.1 Å². The molecule has 0 aromatic carbocycles. The highest BCUT2D eigenvalue weighted by atomic mass is 32.2. The zero-order chi connectivity index (χ0) is 18.9. The van der Waals surface area contributed by atoms with Crippen molar-refractivity contribution in [2.24, 2.45) is 0 Å². The van der Waals surface area contributed by atoms with Gasteiger partial charge in [0.05, 0.1) is 18.2 Å². The van der Waals surface area contributed by atoms with Crippen molar-refractivity contribution in [1.29, 1.82) is 0 Å². The molecule has 2 fully saturated rings. The Morgan fingerprint density at radius 3 is 2.35 bits per heavy atom. The smallest absolute Gasteiger partial charge is 0.252 e. The minimum atomic E-state index is -3.41. The predicted octanol–water partition coefficient (Wildman–Crippen LogP) is 1.08. The van der Waals surface area contributed by atoms with Crippen LogP contribution in [-0.4, -0.2) is 85.9 Å². The molecule has 0 unspecified atom stereocenters. The molecule has 2 saturated heterocycles. The van der Waals surface area contributed by atoms with Crippen LogP contribution in [0.5, 0.6) is 0 Å². The first-order chi connectivity index (χ1) is 12.3. The number of carbonyl (C=O) groups excluding carboxylic acids is 1. The van der Waals surface area contributed by atoms with Crippen molar-refractivity contribution in [3.05, 3.63) is 17.5 Å². The van der Waals surface area contributed by atoms with Crippen molar-refractivity contribution < 1.29 is 17.9 Å². The second-order valence-corrected chi connectivity index (χ2v) is 10.2. The van der Waals surface area contributed by atoms with E-state index < -0.39 is 10.0 Å². The summed E-state index contributed by atoms with van der Waals surface area (Å²) in [6.45, 7) is 9.04. The van der Waals surface area contributed by atoms with Gasteiger partial charge in [-0.25, -0.2) is 8.42 Å². The van der Waals surface area contributed by atoms with E-state index in [1.54, 1.807) is 17.5 Å². The molecular formula is C17H27N3O4S2. The van der Waals surface area contributed by atoms with Gasteiger partial charge in [0.1, 0.15) is 4.21 Å². The molecule has 0 radical (unpaired) electrons. The van der Waals surface area contributed by atoms with Gasteiger partial charge in [0.15, 0.2) is 0 Å². The van der Waals surface area contributed by atoms with Crippen LogP contribution in [0.1, 0.15) is 20.8 Å². The van der Waals surface area contributed by atoms with Crippen LogP contribution in [-0.2, 0) is 19.6 Å². The van der Waals surface area contributed by atoms with Gasteiger partial charge in [0.25, 0.3) is 10.0 Å². The molecule has 2 aliphatic rings. The fraction of sp³-hybridized carbons (Fsp3) is 0.706. The molecule has 1 amide bonds. The predicted molar refractivity (Wildman–Crippen MR) is 101 cm³/mol. The highest BCUT2D eigenvalue weighted by Crippen LogP contribution is 2.23. The van der Waals surface area contributed by atoms with Gasteiger partial charge in [0.2, 0.25) is 5.91 Å². The Morgan fingerprint density at radius 1 is 1.19 bits per heavy atom. The zero-order valence-corrected chi connectivity index (χ0v) is 17.1. The number of piperazine rings is 1. The van der Waals surface area contributed by atoms with Crippen molar-refractivity contribution in [2.45, 2.75) is 43.2 Å². The molecule has 3 heterocycles. The topological polar surface area (TPSA) is 70.2 Å². The number of sulfonamides is 1. The molecule has 9 heteroatoms. The zero-order valence-electron chi connectivity index (χ0n) is 15.5. The standard InChI is InChI=1S/C17H27N3O4S2/c1-13-11-19(12-14(2)24-13)17(21)15(3)18-6-8-20(9-7-18)26(22,23)16-5-4-10-25-16/h4-5,10,13-15H,6-9,11-12H2,1-3H3/t13-,14-,15-/m0/s1. The number of hydrogen-bond donors (Lipinski definition) is 0. The molecular weight excluding hydrogens is 374 g/mol. The summed E-state index contributed by atoms with van der Waals surface area (Å²) in [6, 6.07) is 3.14. The van der Waals surface area contributed by atoms with Crippen LogP contribution in [0, 0.1) is 0 Å². The summed E-state index contributed by atoms with van der Waals surface area (Å²) < 4.78 is 32.8. The van der Waals surface area contributed by atoms with E-state index in [0.717, 1.165) is 0 Å². The van der Waals surface area contributed by atoms with E-state index in [2.05, 4.69) is 4.90 Å². The Hall–Kier alpha value is -1.00. The van der Waals surface area contributed by atoms with Crippen molar-refractivity contribution >= 4 is 27.3 Å². The molecule has 0 saturated carbocycles. The van der Waals surface area contributed by atoms with Gasteiger partial charge in [-0.15, -0.1) is 11.3 Å². The summed E-state index contributed by atoms with van der Waals surface area (Å²) in [7, 11) is -3.41. The fourth-order valence-electron chi connectivity index (χ4n) is 3.65. The maximum atomic E-state index is 12.9. The molecule has 1 aromatic rings. The van der Waals surface area contributed by atoms with Crippen LogP contribution < -0.4 is 0 Å². The number of morpholine rings is 1. The third-order valence-corrected chi connectivity index (χ3v) is 8.27. The lowest BCUT2D eigenvalue weighted by atomic mass is 10.1. The number of amides is 1. The van der Waals surface area contributed by atoms with Gasteiger partial charge in [-0.2, -0.15) is 4.31 Å². The molecule has 26 heavy (non-hydrogen) atoms. The van der Waals surface area contributed by atoms with E-state index in [0.29, 0.717) is 43.5 Å². The van der Waals surface area contributed by atoms with Gasteiger partial charge in [-0.3, -0.25) is 9.69 Å². The highest BCUT2D eigenvalue weighted by Gasteiger charge is 2.35. The Balaban J connectivity index is 1.58. The first-order valence-corrected chi connectivity index (χ1v) is 11.3. The summed E-state index contributed by atoms with van der Waals surface area (Å²) in [5.74, 6) is 0.0987. The molecule has 1 aromatic heterocycles. The molecule has 0 N–H and O–H groups in total. The largest absolute Gasteiger partial charge is 0.372 e. The normalized spacial score (nSPS) is 27.4. The molecule has 146 valence electrons. The van der Waals surface area contributed by atoms with E-state index in [1.165, 1.54) is 15.6 Å². The van der Waals surface area contributed by atoms with Gasteiger partial charge in [-0.1, -0.05) is 6.07 Å². The number of carbonyl (C=O) groups is 1. The average Bonchev–Trinajstić information content (AvgIpc) is 3.15. The number of nitrogens with zero attached hydrogens (tertiary/aromatic N) is 3. The Bertz CT molecular complexity index is 704. The first kappa shape index (κ1) is 19.8. The van der Waals surface area contributed by atoms with Crippen LogP contribution >= 0.6 is 11.3 Å².